The number of nitrogens with zero attached hydrogens (tertiary/aromatic N) is 1. The third-order valence-corrected chi connectivity index (χ3v) is 5.97. The molecule has 0 aliphatic rings. The highest BCUT2D eigenvalue weighted by molar-refractivity contribution is 7.87. The Labute approximate surface area is 195 Å². The van der Waals surface area contributed by atoms with Crippen LogP contribution in [-0.4, -0.2) is 14.3 Å². The van der Waals surface area contributed by atoms with Gasteiger partial charge in [0.05, 0.1) is 5.02 Å². The van der Waals surface area contributed by atoms with Gasteiger partial charge in [0.15, 0.2) is 5.75 Å². The van der Waals surface area contributed by atoms with Gasteiger partial charge in [0.25, 0.3) is 5.91 Å². The Hall–Kier alpha value is -3.31. The Morgan fingerprint density at radius 2 is 1.72 bits per heavy atom. The van der Waals surface area contributed by atoms with Gasteiger partial charge in [0.1, 0.15) is 16.5 Å². The average Bonchev–Trinajstić information content (AvgIpc) is 2.75. The van der Waals surface area contributed by atoms with Crippen molar-refractivity contribution in [3.05, 3.63) is 93.5 Å². The number of aryl methyl sites for hydroxylation is 1. The number of para-hydroxylation sites is 1. The second kappa shape index (κ2) is 9.88. The minimum Gasteiger partial charge on any atom is -0.377 e. The lowest BCUT2D eigenvalue weighted by molar-refractivity contribution is -0.112. The molecule has 0 spiro atoms. The zero-order valence-electron chi connectivity index (χ0n) is 16.7. The molecule has 32 heavy (non-hydrogen) atoms. The van der Waals surface area contributed by atoms with Crippen LogP contribution in [0.2, 0.25) is 10.0 Å². The summed E-state index contributed by atoms with van der Waals surface area (Å²) in [5.41, 5.74) is 1.11. The minimum absolute atomic E-state index is 0.0537. The van der Waals surface area contributed by atoms with Crippen LogP contribution in [0.25, 0.3) is 6.08 Å². The van der Waals surface area contributed by atoms with Crippen LogP contribution in [0.3, 0.4) is 0 Å². The minimum atomic E-state index is -4.24. The van der Waals surface area contributed by atoms with Gasteiger partial charge in [-0.3, -0.25) is 4.79 Å². The molecule has 1 amide bonds. The zero-order valence-corrected chi connectivity index (χ0v) is 19.0. The molecule has 0 fully saturated rings. The summed E-state index contributed by atoms with van der Waals surface area (Å²) in [7, 11) is -4.24. The van der Waals surface area contributed by atoms with E-state index in [1.54, 1.807) is 48.5 Å². The maximum Gasteiger partial charge on any atom is 0.339 e. The van der Waals surface area contributed by atoms with Crippen LogP contribution in [0, 0.1) is 18.3 Å². The van der Waals surface area contributed by atoms with Crippen LogP contribution in [0.1, 0.15) is 11.1 Å². The predicted molar refractivity (Wildman–Crippen MR) is 124 cm³/mol. The first-order chi connectivity index (χ1) is 15.2. The Kier molecular flexibility index (Phi) is 7.21. The lowest BCUT2D eigenvalue weighted by Gasteiger charge is -2.12. The molecule has 0 saturated carbocycles. The molecule has 0 heterocycles. The molecular formula is C23H16Cl2N2O4S. The molecule has 0 unspecified atom stereocenters. The van der Waals surface area contributed by atoms with E-state index >= 15 is 0 Å². The molecule has 0 saturated heterocycles. The standard InChI is InChI=1S/C23H16Cl2N2O4S/c1-15-7-9-20(10-8-15)32(29,30)31-22-16(12-18(24)13-21(22)25)11-17(14-26)23(28)27-19-5-3-2-4-6-19/h2-13H,1H3,(H,27,28)/b17-11+. The molecule has 3 aromatic carbocycles. The van der Waals surface area contributed by atoms with E-state index in [4.69, 9.17) is 27.4 Å². The van der Waals surface area contributed by atoms with Crippen molar-refractivity contribution in [2.45, 2.75) is 11.8 Å². The van der Waals surface area contributed by atoms with Crippen molar-refractivity contribution in [2.75, 3.05) is 5.32 Å². The first kappa shape index (κ1) is 23.4. The number of rotatable bonds is 6. The molecule has 0 aromatic heterocycles. The molecule has 0 radical (unpaired) electrons. The monoisotopic (exact) mass is 486 g/mol. The number of hydrogen-bond donors (Lipinski definition) is 1. The summed E-state index contributed by atoms with van der Waals surface area (Å²) >= 11 is 12.3. The van der Waals surface area contributed by atoms with Crippen LogP contribution in [0.5, 0.6) is 5.75 Å². The van der Waals surface area contributed by atoms with Crippen LogP contribution in [0.4, 0.5) is 5.69 Å². The van der Waals surface area contributed by atoms with Gasteiger partial charge in [-0.1, -0.05) is 59.1 Å². The second-order valence-electron chi connectivity index (χ2n) is 6.65. The topological polar surface area (TPSA) is 96.3 Å². The van der Waals surface area contributed by atoms with Crippen molar-refractivity contribution in [1.82, 2.24) is 0 Å². The lowest BCUT2D eigenvalue weighted by Crippen LogP contribution is -2.14. The van der Waals surface area contributed by atoms with Crippen molar-refractivity contribution in [3.8, 4) is 11.8 Å². The van der Waals surface area contributed by atoms with E-state index in [2.05, 4.69) is 5.32 Å². The van der Waals surface area contributed by atoms with E-state index in [1.165, 1.54) is 24.3 Å². The average molecular weight is 487 g/mol. The van der Waals surface area contributed by atoms with Gasteiger partial charge >= 0.3 is 10.1 Å². The fourth-order valence-corrected chi connectivity index (χ4v) is 4.23. The van der Waals surface area contributed by atoms with Crippen molar-refractivity contribution in [3.63, 3.8) is 0 Å². The van der Waals surface area contributed by atoms with Crippen molar-refractivity contribution in [1.29, 1.82) is 5.26 Å². The highest BCUT2D eigenvalue weighted by Gasteiger charge is 2.22. The van der Waals surface area contributed by atoms with Gasteiger partial charge in [-0.05, 0) is 49.4 Å². The number of amides is 1. The summed E-state index contributed by atoms with van der Waals surface area (Å²) in [5.74, 6) is -0.945. The van der Waals surface area contributed by atoms with Crippen LogP contribution < -0.4 is 9.50 Å². The summed E-state index contributed by atoms with van der Waals surface area (Å²) in [4.78, 5) is 12.5. The molecule has 0 bridgehead atoms. The molecule has 0 aliphatic heterocycles. The summed E-state index contributed by atoms with van der Waals surface area (Å²) in [6.07, 6.45) is 1.16. The van der Waals surface area contributed by atoms with Gasteiger partial charge in [-0.25, -0.2) is 0 Å². The van der Waals surface area contributed by atoms with E-state index in [1.807, 2.05) is 6.92 Å². The first-order valence-electron chi connectivity index (χ1n) is 9.18. The number of anilines is 1. The maximum atomic E-state index is 12.8. The largest absolute Gasteiger partial charge is 0.377 e. The van der Waals surface area contributed by atoms with E-state index in [0.29, 0.717) is 5.69 Å². The predicted octanol–water partition coefficient (Wildman–Crippen LogP) is 5.62. The number of halogens is 2. The third kappa shape index (κ3) is 5.68. The Balaban J connectivity index is 2.00. The van der Waals surface area contributed by atoms with E-state index < -0.39 is 16.0 Å². The SMILES string of the molecule is Cc1ccc(S(=O)(=O)Oc2c(Cl)cc(Cl)cc2/C=C(\C#N)C(=O)Nc2ccccc2)cc1. The number of nitriles is 1. The van der Waals surface area contributed by atoms with Crippen molar-refractivity contribution < 1.29 is 17.4 Å². The number of nitrogens with one attached hydrogen (secondary N) is 1. The fraction of sp³-hybridized carbons (Fsp3) is 0.0435. The molecular weight excluding hydrogens is 471 g/mol. The van der Waals surface area contributed by atoms with E-state index in [0.717, 1.165) is 11.6 Å². The molecule has 3 aromatic rings. The zero-order chi connectivity index (χ0) is 23.3. The molecule has 0 aliphatic carbocycles. The summed E-state index contributed by atoms with van der Waals surface area (Å²) < 4.78 is 30.8. The molecule has 1 N–H and O–H groups in total. The Bertz CT molecular complexity index is 1330. The van der Waals surface area contributed by atoms with E-state index in [9.17, 15) is 18.5 Å². The summed E-state index contributed by atoms with van der Waals surface area (Å²) in [6.45, 7) is 1.82. The van der Waals surface area contributed by atoms with Gasteiger partial charge in [-0.15, -0.1) is 0 Å². The molecule has 162 valence electrons. The van der Waals surface area contributed by atoms with Gasteiger partial charge in [0, 0.05) is 16.3 Å². The number of carbonyl (C=O) groups is 1. The van der Waals surface area contributed by atoms with Gasteiger partial charge in [0.2, 0.25) is 0 Å². The molecule has 6 nitrogen and oxygen atoms in total. The lowest BCUT2D eigenvalue weighted by atomic mass is 10.1. The molecule has 3 rings (SSSR count). The normalized spacial score (nSPS) is 11.5. The summed E-state index contributed by atoms with van der Waals surface area (Å²) in [5, 5.41) is 12.2. The summed E-state index contributed by atoms with van der Waals surface area (Å²) in [6, 6.07) is 19.1. The second-order valence-corrected chi connectivity index (χ2v) is 9.04. The Morgan fingerprint density at radius 1 is 1.06 bits per heavy atom. The third-order valence-electron chi connectivity index (χ3n) is 4.24. The van der Waals surface area contributed by atoms with E-state index in [-0.39, 0.29) is 31.8 Å². The smallest absolute Gasteiger partial charge is 0.339 e. The highest BCUT2D eigenvalue weighted by atomic mass is 35.5. The quantitative estimate of drug-likeness (QED) is 0.277. The highest BCUT2D eigenvalue weighted by Crippen LogP contribution is 2.36. The maximum absolute atomic E-state index is 12.8. The van der Waals surface area contributed by atoms with Gasteiger partial charge < -0.3 is 9.50 Å². The van der Waals surface area contributed by atoms with Crippen molar-refractivity contribution >= 4 is 51.0 Å². The van der Waals surface area contributed by atoms with Crippen LogP contribution in [-0.2, 0) is 14.9 Å². The number of hydrogen-bond acceptors (Lipinski definition) is 5. The fourth-order valence-electron chi connectivity index (χ4n) is 2.66. The van der Waals surface area contributed by atoms with Crippen molar-refractivity contribution in [2.24, 2.45) is 0 Å². The number of carbonyl (C=O) groups excluding carboxylic acids is 1. The van der Waals surface area contributed by atoms with Gasteiger partial charge in [-0.2, -0.15) is 13.7 Å². The molecule has 0 atom stereocenters. The molecule has 9 heteroatoms. The van der Waals surface area contributed by atoms with Crippen LogP contribution >= 0.6 is 23.2 Å². The first-order valence-corrected chi connectivity index (χ1v) is 11.3. The number of benzene rings is 3. The van der Waals surface area contributed by atoms with Crippen LogP contribution in [0.15, 0.2) is 77.2 Å². The Morgan fingerprint density at radius 3 is 2.34 bits per heavy atom.